The Morgan fingerprint density at radius 2 is 1.51 bits per heavy atom. The highest BCUT2D eigenvalue weighted by molar-refractivity contribution is 5.86. The van der Waals surface area contributed by atoms with Gasteiger partial charge in [-0.1, -0.05) is 64.1 Å². The van der Waals surface area contributed by atoms with Crippen LogP contribution >= 0.6 is 0 Å². The van der Waals surface area contributed by atoms with Crippen molar-refractivity contribution in [2.45, 2.75) is 58.0 Å². The van der Waals surface area contributed by atoms with Gasteiger partial charge in [0.1, 0.15) is 18.1 Å². The van der Waals surface area contributed by atoms with Crippen LogP contribution in [0, 0.1) is 0 Å². The Hall–Kier alpha value is -3.53. The van der Waals surface area contributed by atoms with Crippen LogP contribution in [0.4, 0.5) is 0 Å². The largest absolute Gasteiger partial charge is 0.496 e. The number of aliphatic carboxylic acids is 1. The lowest BCUT2D eigenvalue weighted by atomic mass is 9.62. The Balaban J connectivity index is 1.91. The molecule has 0 amide bonds. The van der Waals surface area contributed by atoms with E-state index in [0.29, 0.717) is 6.61 Å². The third-order valence-electron chi connectivity index (χ3n) is 7.12. The molecule has 1 aliphatic rings. The molecule has 0 spiro atoms. The van der Waals surface area contributed by atoms with E-state index in [4.69, 9.17) is 14.6 Å². The normalized spacial score (nSPS) is 16.0. The summed E-state index contributed by atoms with van der Waals surface area (Å²) in [6.07, 6.45) is 4.97. The minimum Gasteiger partial charge on any atom is -0.496 e. The minimum absolute atomic E-state index is 0.0334. The third-order valence-corrected chi connectivity index (χ3v) is 7.12. The molecule has 0 aromatic heterocycles. The summed E-state index contributed by atoms with van der Waals surface area (Å²) in [7, 11) is 1.65. The van der Waals surface area contributed by atoms with E-state index in [1.54, 1.807) is 13.2 Å². The molecule has 0 unspecified atom stereocenters. The van der Waals surface area contributed by atoms with Gasteiger partial charge in [0.05, 0.1) is 7.11 Å². The van der Waals surface area contributed by atoms with E-state index in [1.807, 2.05) is 36.4 Å². The smallest absolute Gasteiger partial charge is 0.328 e. The summed E-state index contributed by atoms with van der Waals surface area (Å²) in [5.74, 6) is 0.540. The van der Waals surface area contributed by atoms with Crippen LogP contribution in [-0.4, -0.2) is 18.2 Å². The number of fused-ring (bicyclic) bond motifs is 1. The number of carboxylic acid groups (broad SMARTS) is 1. The number of benzene rings is 3. The molecule has 0 aliphatic heterocycles. The highest BCUT2D eigenvalue weighted by atomic mass is 16.5. The predicted molar refractivity (Wildman–Crippen MR) is 141 cm³/mol. The van der Waals surface area contributed by atoms with Gasteiger partial charge in [0, 0.05) is 17.2 Å². The number of rotatable bonds is 7. The monoisotopic (exact) mass is 470 g/mol. The van der Waals surface area contributed by atoms with Crippen LogP contribution in [-0.2, 0) is 22.2 Å². The molecule has 0 fully saturated rings. The molecule has 0 saturated heterocycles. The van der Waals surface area contributed by atoms with Gasteiger partial charge in [0.25, 0.3) is 0 Å². The maximum absolute atomic E-state index is 11.1. The molecule has 182 valence electrons. The highest BCUT2D eigenvalue weighted by Gasteiger charge is 2.38. The second-order valence-corrected chi connectivity index (χ2v) is 10.6. The van der Waals surface area contributed by atoms with Crippen molar-refractivity contribution >= 4 is 12.0 Å². The number of hydrogen-bond acceptors (Lipinski definition) is 3. The third kappa shape index (κ3) is 5.27. The zero-order chi connectivity index (χ0) is 25.2. The number of methoxy groups -OCH3 is 1. The van der Waals surface area contributed by atoms with E-state index in [0.717, 1.165) is 52.7 Å². The lowest BCUT2D eigenvalue weighted by Gasteiger charge is -2.42. The summed E-state index contributed by atoms with van der Waals surface area (Å²) >= 11 is 0. The predicted octanol–water partition coefficient (Wildman–Crippen LogP) is 7.39. The molecule has 0 atom stereocenters. The molecule has 3 aromatic carbocycles. The fourth-order valence-electron chi connectivity index (χ4n) is 4.87. The first-order valence-corrected chi connectivity index (χ1v) is 12.1. The van der Waals surface area contributed by atoms with Crippen LogP contribution in [0.3, 0.4) is 0 Å². The zero-order valence-corrected chi connectivity index (χ0v) is 21.2. The van der Waals surface area contributed by atoms with E-state index in [2.05, 4.69) is 52.0 Å². The van der Waals surface area contributed by atoms with Gasteiger partial charge in [0.15, 0.2) is 0 Å². The second-order valence-electron chi connectivity index (χ2n) is 10.6. The SMILES string of the molecule is COc1ccc(/C=C/C(=O)O)cc1-c1cc2c(cc1OCc1ccccc1)C(C)(C)CCC2(C)C. The fraction of sp³-hybridized carbons (Fsp3) is 0.323. The summed E-state index contributed by atoms with van der Waals surface area (Å²) in [4.78, 5) is 11.1. The molecule has 0 radical (unpaired) electrons. The van der Waals surface area contributed by atoms with Crippen molar-refractivity contribution in [1.29, 1.82) is 0 Å². The number of hydrogen-bond donors (Lipinski definition) is 1. The van der Waals surface area contributed by atoms with Gasteiger partial charge >= 0.3 is 5.97 Å². The number of ether oxygens (including phenoxy) is 2. The van der Waals surface area contributed by atoms with Crippen LogP contribution < -0.4 is 9.47 Å². The Morgan fingerprint density at radius 3 is 2.14 bits per heavy atom. The van der Waals surface area contributed by atoms with E-state index in [1.165, 1.54) is 11.1 Å². The topological polar surface area (TPSA) is 55.8 Å². The lowest BCUT2D eigenvalue weighted by molar-refractivity contribution is -0.131. The van der Waals surface area contributed by atoms with Gasteiger partial charge in [-0.25, -0.2) is 4.79 Å². The first-order chi connectivity index (χ1) is 16.6. The summed E-state index contributed by atoms with van der Waals surface area (Å²) in [6, 6.07) is 20.3. The molecule has 4 nitrogen and oxygen atoms in total. The van der Waals surface area contributed by atoms with Crippen LogP contribution in [0.15, 0.2) is 66.7 Å². The Bertz CT molecular complexity index is 1250. The van der Waals surface area contributed by atoms with Gasteiger partial charge in [-0.3, -0.25) is 0 Å². The summed E-state index contributed by atoms with van der Waals surface area (Å²) in [6.45, 7) is 9.67. The van der Waals surface area contributed by atoms with Crippen molar-refractivity contribution in [2.24, 2.45) is 0 Å². The summed E-state index contributed by atoms with van der Waals surface area (Å²) in [5.41, 5.74) is 6.44. The minimum atomic E-state index is -0.980. The van der Waals surface area contributed by atoms with Crippen molar-refractivity contribution in [3.05, 3.63) is 89.0 Å². The van der Waals surface area contributed by atoms with Gasteiger partial charge in [-0.15, -0.1) is 0 Å². The average Bonchev–Trinajstić information content (AvgIpc) is 2.84. The van der Waals surface area contributed by atoms with E-state index >= 15 is 0 Å². The Kier molecular flexibility index (Phi) is 6.75. The van der Waals surface area contributed by atoms with Gasteiger partial charge in [-0.05, 0) is 76.3 Å². The van der Waals surface area contributed by atoms with Crippen molar-refractivity contribution < 1.29 is 19.4 Å². The number of carboxylic acids is 1. The van der Waals surface area contributed by atoms with E-state index in [-0.39, 0.29) is 10.8 Å². The maximum atomic E-state index is 11.1. The van der Waals surface area contributed by atoms with Crippen molar-refractivity contribution in [2.75, 3.05) is 7.11 Å². The molecule has 4 heteroatoms. The van der Waals surface area contributed by atoms with Crippen LogP contribution in [0.1, 0.15) is 62.8 Å². The Morgan fingerprint density at radius 1 is 0.886 bits per heavy atom. The van der Waals surface area contributed by atoms with Crippen molar-refractivity contribution in [3.8, 4) is 22.6 Å². The fourth-order valence-corrected chi connectivity index (χ4v) is 4.87. The first kappa shape index (κ1) is 24.6. The van der Waals surface area contributed by atoms with Crippen molar-refractivity contribution in [3.63, 3.8) is 0 Å². The summed E-state index contributed by atoms with van der Waals surface area (Å²) in [5, 5.41) is 9.09. The summed E-state index contributed by atoms with van der Waals surface area (Å²) < 4.78 is 12.2. The quantitative estimate of drug-likeness (QED) is 0.366. The van der Waals surface area contributed by atoms with Gasteiger partial charge in [-0.2, -0.15) is 0 Å². The van der Waals surface area contributed by atoms with Crippen LogP contribution in [0.2, 0.25) is 0 Å². The van der Waals surface area contributed by atoms with E-state index in [9.17, 15) is 4.79 Å². The highest BCUT2D eigenvalue weighted by Crippen LogP contribution is 2.50. The molecular weight excluding hydrogens is 436 g/mol. The Labute approximate surface area is 208 Å². The molecular formula is C31H34O4. The molecule has 3 aromatic rings. The second kappa shape index (κ2) is 9.61. The molecule has 0 bridgehead atoms. The first-order valence-electron chi connectivity index (χ1n) is 12.1. The van der Waals surface area contributed by atoms with E-state index < -0.39 is 5.97 Å². The molecule has 35 heavy (non-hydrogen) atoms. The van der Waals surface area contributed by atoms with Crippen LogP contribution in [0.5, 0.6) is 11.5 Å². The molecule has 4 rings (SSSR count). The lowest BCUT2D eigenvalue weighted by Crippen LogP contribution is -2.33. The molecule has 1 N–H and O–H groups in total. The molecule has 1 aliphatic carbocycles. The molecule has 0 saturated carbocycles. The standard InChI is InChI=1S/C31H34O4/c1-30(2)15-16-31(3,4)26-19-28(35-20-22-9-7-6-8-10-22)24(18-25(26)30)23-17-21(12-14-29(32)33)11-13-27(23)34-5/h6-14,17-19H,15-16,20H2,1-5H3,(H,32,33)/b14-12+. The average molecular weight is 471 g/mol. The van der Waals surface area contributed by atoms with Gasteiger partial charge in [0.2, 0.25) is 0 Å². The number of carbonyl (C=O) groups is 1. The van der Waals surface area contributed by atoms with Gasteiger partial charge < -0.3 is 14.6 Å². The van der Waals surface area contributed by atoms with Crippen molar-refractivity contribution in [1.82, 2.24) is 0 Å². The van der Waals surface area contributed by atoms with Crippen LogP contribution in [0.25, 0.3) is 17.2 Å². The molecule has 0 heterocycles. The zero-order valence-electron chi connectivity index (χ0n) is 21.2. The maximum Gasteiger partial charge on any atom is 0.328 e.